The number of ether oxygens (including phenoxy) is 1. The highest BCUT2D eigenvalue weighted by molar-refractivity contribution is 5.79. The largest absolute Gasteiger partial charge is 0.409 e. The van der Waals surface area contributed by atoms with Gasteiger partial charge in [0.05, 0.1) is 6.10 Å². The molecule has 0 aliphatic heterocycles. The lowest BCUT2D eigenvalue weighted by Gasteiger charge is -2.35. The second-order valence-corrected chi connectivity index (χ2v) is 4.25. The summed E-state index contributed by atoms with van der Waals surface area (Å²) in [5.41, 5.74) is 5.37. The number of nitrogens with one attached hydrogen (secondary N) is 1. The number of unbranched alkanes of at least 4 members (excludes halogenated alkanes) is 1. The summed E-state index contributed by atoms with van der Waals surface area (Å²) in [6.45, 7) is 3.85. The fraction of sp³-hybridized carbons (Fsp3) is 0.909. The van der Waals surface area contributed by atoms with E-state index >= 15 is 0 Å². The van der Waals surface area contributed by atoms with Crippen molar-refractivity contribution in [3.8, 4) is 0 Å². The van der Waals surface area contributed by atoms with Gasteiger partial charge in [0, 0.05) is 19.1 Å². The molecule has 16 heavy (non-hydrogen) atoms. The molecule has 1 aliphatic carbocycles. The molecule has 0 radical (unpaired) electrons. The van der Waals surface area contributed by atoms with E-state index in [1.807, 2.05) is 6.92 Å². The van der Waals surface area contributed by atoms with Crippen LogP contribution in [0.25, 0.3) is 0 Å². The Bertz CT molecular complexity index is 215. The molecule has 0 bridgehead atoms. The number of amidine groups is 1. The van der Waals surface area contributed by atoms with Crippen molar-refractivity contribution < 1.29 is 9.94 Å². The first kappa shape index (κ1) is 13.3. The van der Waals surface area contributed by atoms with Gasteiger partial charge < -0.3 is 21.0 Å². The maximum atomic E-state index is 8.34. The average molecular weight is 229 g/mol. The SMILES string of the molecule is CCOC1CC(NCCCCC(N)=NO)C1. The minimum Gasteiger partial charge on any atom is -0.409 e. The molecule has 0 aromatic rings. The van der Waals surface area contributed by atoms with Crippen molar-refractivity contribution >= 4 is 5.84 Å². The zero-order valence-electron chi connectivity index (χ0n) is 9.98. The van der Waals surface area contributed by atoms with Crippen molar-refractivity contribution in [3.63, 3.8) is 0 Å². The summed E-state index contributed by atoms with van der Waals surface area (Å²) in [6.07, 6.45) is 5.43. The lowest BCUT2D eigenvalue weighted by atomic mass is 9.89. The molecule has 0 saturated heterocycles. The Balaban J connectivity index is 1.86. The fourth-order valence-corrected chi connectivity index (χ4v) is 1.89. The molecular formula is C11H23N3O2. The standard InChI is InChI=1S/C11H23N3O2/c1-2-16-10-7-9(8-10)13-6-4-3-5-11(12)14-15/h9-10,13,15H,2-8H2,1H3,(H2,12,14). The van der Waals surface area contributed by atoms with Crippen LogP contribution in [0.5, 0.6) is 0 Å². The topological polar surface area (TPSA) is 79.9 Å². The Morgan fingerprint density at radius 3 is 2.88 bits per heavy atom. The highest BCUT2D eigenvalue weighted by Crippen LogP contribution is 2.22. The van der Waals surface area contributed by atoms with Crippen LogP contribution < -0.4 is 11.1 Å². The molecule has 94 valence electrons. The van der Waals surface area contributed by atoms with Crippen LogP contribution in [0, 0.1) is 0 Å². The van der Waals surface area contributed by atoms with Gasteiger partial charge in [-0.15, -0.1) is 0 Å². The minimum absolute atomic E-state index is 0.319. The van der Waals surface area contributed by atoms with E-state index in [1.54, 1.807) is 0 Å². The van der Waals surface area contributed by atoms with E-state index in [2.05, 4.69) is 10.5 Å². The van der Waals surface area contributed by atoms with Gasteiger partial charge >= 0.3 is 0 Å². The third-order valence-electron chi connectivity index (χ3n) is 2.92. The Kier molecular flexibility index (Phi) is 6.18. The summed E-state index contributed by atoms with van der Waals surface area (Å²) >= 11 is 0. The van der Waals surface area contributed by atoms with Crippen molar-refractivity contribution in [2.24, 2.45) is 10.9 Å². The van der Waals surface area contributed by atoms with Crippen LogP contribution in [0.2, 0.25) is 0 Å². The zero-order valence-corrected chi connectivity index (χ0v) is 9.98. The van der Waals surface area contributed by atoms with E-state index < -0.39 is 0 Å². The average Bonchev–Trinajstić information content (AvgIpc) is 2.24. The van der Waals surface area contributed by atoms with E-state index in [0.29, 0.717) is 24.4 Å². The maximum absolute atomic E-state index is 8.34. The van der Waals surface area contributed by atoms with Crippen molar-refractivity contribution in [2.45, 2.75) is 51.2 Å². The first-order chi connectivity index (χ1) is 7.76. The van der Waals surface area contributed by atoms with Crippen LogP contribution in [0.1, 0.15) is 39.0 Å². The number of oxime groups is 1. The molecule has 5 heteroatoms. The van der Waals surface area contributed by atoms with Crippen LogP contribution in [0.4, 0.5) is 0 Å². The Hall–Kier alpha value is -0.810. The molecule has 1 fully saturated rings. The fourth-order valence-electron chi connectivity index (χ4n) is 1.89. The second kappa shape index (κ2) is 7.46. The van der Waals surface area contributed by atoms with E-state index in [4.69, 9.17) is 15.7 Å². The predicted octanol–water partition coefficient (Wildman–Crippen LogP) is 1.06. The van der Waals surface area contributed by atoms with E-state index in [-0.39, 0.29) is 0 Å². The van der Waals surface area contributed by atoms with Crippen LogP contribution in [0.15, 0.2) is 5.16 Å². The summed E-state index contributed by atoms with van der Waals surface area (Å²) < 4.78 is 5.48. The molecule has 0 spiro atoms. The molecule has 4 N–H and O–H groups in total. The smallest absolute Gasteiger partial charge is 0.139 e. The van der Waals surface area contributed by atoms with Crippen LogP contribution in [0.3, 0.4) is 0 Å². The Morgan fingerprint density at radius 1 is 1.50 bits per heavy atom. The summed E-state index contributed by atoms with van der Waals surface area (Å²) in [6, 6.07) is 0.625. The van der Waals surface area contributed by atoms with Gasteiger partial charge in [-0.3, -0.25) is 0 Å². The zero-order chi connectivity index (χ0) is 11.8. The van der Waals surface area contributed by atoms with Gasteiger partial charge in [-0.05, 0) is 39.2 Å². The lowest BCUT2D eigenvalue weighted by molar-refractivity contribution is -0.00974. The van der Waals surface area contributed by atoms with E-state index in [1.165, 1.54) is 0 Å². The summed E-state index contributed by atoms with van der Waals surface area (Å²) in [5.74, 6) is 0.319. The third-order valence-corrected chi connectivity index (χ3v) is 2.92. The molecule has 5 nitrogen and oxygen atoms in total. The van der Waals surface area contributed by atoms with Crippen LogP contribution in [-0.4, -0.2) is 36.3 Å². The maximum Gasteiger partial charge on any atom is 0.139 e. The number of hydrogen-bond donors (Lipinski definition) is 3. The molecule has 0 atom stereocenters. The van der Waals surface area contributed by atoms with Gasteiger partial charge in [0.15, 0.2) is 0 Å². The number of nitrogens with two attached hydrogens (primary N) is 1. The monoisotopic (exact) mass is 229 g/mol. The molecule has 1 aliphatic rings. The van der Waals surface area contributed by atoms with Gasteiger partial charge in [0.1, 0.15) is 5.84 Å². The molecule has 0 aromatic carbocycles. The van der Waals surface area contributed by atoms with Gasteiger partial charge in [-0.2, -0.15) is 0 Å². The Morgan fingerprint density at radius 2 is 2.25 bits per heavy atom. The van der Waals surface area contributed by atoms with Gasteiger partial charge in [-0.25, -0.2) is 0 Å². The summed E-state index contributed by atoms with van der Waals surface area (Å²) in [4.78, 5) is 0. The number of hydrogen-bond acceptors (Lipinski definition) is 4. The van der Waals surface area contributed by atoms with E-state index in [9.17, 15) is 0 Å². The summed E-state index contributed by atoms with van der Waals surface area (Å²) in [5, 5.41) is 14.8. The first-order valence-corrected chi connectivity index (χ1v) is 6.07. The third kappa shape index (κ3) is 4.81. The normalized spacial score (nSPS) is 25.4. The molecule has 1 rings (SSSR count). The van der Waals surface area contributed by atoms with Crippen molar-refractivity contribution in [1.82, 2.24) is 5.32 Å². The van der Waals surface area contributed by atoms with Crippen molar-refractivity contribution in [1.29, 1.82) is 0 Å². The minimum atomic E-state index is 0.319. The number of rotatable bonds is 8. The number of nitrogens with zero attached hydrogens (tertiary/aromatic N) is 1. The van der Waals surface area contributed by atoms with E-state index in [0.717, 1.165) is 38.8 Å². The Labute approximate surface area is 97.0 Å². The molecule has 0 amide bonds. The lowest BCUT2D eigenvalue weighted by Crippen LogP contribution is -2.45. The molecular weight excluding hydrogens is 206 g/mol. The van der Waals surface area contributed by atoms with Gasteiger partial charge in [0.2, 0.25) is 0 Å². The second-order valence-electron chi connectivity index (χ2n) is 4.25. The van der Waals surface area contributed by atoms with Crippen molar-refractivity contribution in [3.05, 3.63) is 0 Å². The predicted molar refractivity (Wildman–Crippen MR) is 63.7 cm³/mol. The van der Waals surface area contributed by atoms with Crippen LogP contribution >= 0.6 is 0 Å². The molecule has 1 saturated carbocycles. The highest BCUT2D eigenvalue weighted by Gasteiger charge is 2.28. The molecule has 0 heterocycles. The van der Waals surface area contributed by atoms with Gasteiger partial charge in [-0.1, -0.05) is 5.16 Å². The highest BCUT2D eigenvalue weighted by atomic mass is 16.5. The molecule has 0 unspecified atom stereocenters. The van der Waals surface area contributed by atoms with Gasteiger partial charge in [0.25, 0.3) is 0 Å². The van der Waals surface area contributed by atoms with Crippen molar-refractivity contribution in [2.75, 3.05) is 13.2 Å². The van der Waals surface area contributed by atoms with Crippen LogP contribution in [-0.2, 0) is 4.74 Å². The first-order valence-electron chi connectivity index (χ1n) is 6.07. The summed E-state index contributed by atoms with van der Waals surface area (Å²) in [7, 11) is 0. The molecule has 0 aromatic heterocycles. The quantitative estimate of drug-likeness (QED) is 0.191.